The van der Waals surface area contributed by atoms with E-state index in [9.17, 15) is 9.90 Å². The predicted octanol–water partition coefficient (Wildman–Crippen LogP) is 2.16. The number of rotatable bonds is 7. The van der Waals surface area contributed by atoms with E-state index in [2.05, 4.69) is 10.3 Å². The second-order valence-corrected chi connectivity index (χ2v) is 7.25. The smallest absolute Gasteiger partial charge is 0.410 e. The van der Waals surface area contributed by atoms with Crippen molar-refractivity contribution in [1.29, 1.82) is 0 Å². The molecule has 2 N–H and O–H groups in total. The van der Waals surface area contributed by atoms with Crippen LogP contribution in [0.5, 0.6) is 0 Å². The van der Waals surface area contributed by atoms with Crippen molar-refractivity contribution in [2.45, 2.75) is 52.9 Å². The maximum absolute atomic E-state index is 12.1. The van der Waals surface area contributed by atoms with Crippen LogP contribution in [0.2, 0.25) is 0 Å². The summed E-state index contributed by atoms with van der Waals surface area (Å²) in [6, 6.07) is 0. The van der Waals surface area contributed by atoms with Crippen molar-refractivity contribution in [1.82, 2.24) is 15.2 Å². The number of hydrogen-bond acceptors (Lipinski definition) is 6. The van der Waals surface area contributed by atoms with Crippen molar-refractivity contribution >= 4 is 17.4 Å². The van der Waals surface area contributed by atoms with E-state index < -0.39 is 17.8 Å². The monoisotopic (exact) mass is 329 g/mol. The quantitative estimate of drug-likeness (QED) is 0.750. The maximum Gasteiger partial charge on any atom is 0.410 e. The molecule has 1 rings (SSSR count). The van der Waals surface area contributed by atoms with Gasteiger partial charge in [0.2, 0.25) is 0 Å². The molecule has 1 unspecified atom stereocenters. The predicted molar refractivity (Wildman–Crippen MR) is 88.0 cm³/mol. The molecule has 1 amide bonds. The molecule has 6 nitrogen and oxygen atoms in total. The summed E-state index contributed by atoms with van der Waals surface area (Å²) < 4.78 is 5.36. The minimum absolute atomic E-state index is 0.260. The summed E-state index contributed by atoms with van der Waals surface area (Å²) in [6.07, 6.45) is -0.986. The third-order valence-corrected chi connectivity index (χ3v) is 3.76. The van der Waals surface area contributed by atoms with Crippen LogP contribution in [0, 0.1) is 6.92 Å². The number of aliphatic hydroxyl groups is 1. The Labute approximate surface area is 136 Å². The van der Waals surface area contributed by atoms with Gasteiger partial charge in [-0.15, -0.1) is 11.3 Å². The SMILES string of the molecule is Cc1ncsc1CNCCN(CC(C)O)C(=O)OC(C)(C)C. The van der Waals surface area contributed by atoms with Gasteiger partial charge >= 0.3 is 6.09 Å². The zero-order valence-corrected chi connectivity index (χ0v) is 14.9. The normalized spacial score (nSPS) is 13.0. The Morgan fingerprint density at radius 1 is 1.55 bits per heavy atom. The first kappa shape index (κ1) is 18.9. The van der Waals surface area contributed by atoms with Crippen molar-refractivity contribution in [2.24, 2.45) is 0 Å². The lowest BCUT2D eigenvalue weighted by atomic mass is 10.2. The molecule has 126 valence electrons. The first-order valence-corrected chi connectivity index (χ1v) is 8.32. The lowest BCUT2D eigenvalue weighted by Gasteiger charge is -2.28. The molecule has 0 radical (unpaired) electrons. The molecule has 1 heterocycles. The minimum Gasteiger partial charge on any atom is -0.444 e. The molecule has 0 fully saturated rings. The van der Waals surface area contributed by atoms with E-state index in [1.807, 2.05) is 33.2 Å². The molecule has 1 aromatic rings. The average Bonchev–Trinajstić information content (AvgIpc) is 2.76. The van der Waals surface area contributed by atoms with Crippen LogP contribution >= 0.6 is 11.3 Å². The van der Waals surface area contributed by atoms with Crippen molar-refractivity contribution in [3.63, 3.8) is 0 Å². The fourth-order valence-electron chi connectivity index (χ4n) is 1.81. The van der Waals surface area contributed by atoms with Crippen molar-refractivity contribution in [3.05, 3.63) is 16.1 Å². The van der Waals surface area contributed by atoms with Gasteiger partial charge in [-0.1, -0.05) is 0 Å². The Morgan fingerprint density at radius 3 is 2.73 bits per heavy atom. The number of ether oxygens (including phenoxy) is 1. The highest BCUT2D eigenvalue weighted by Crippen LogP contribution is 2.12. The zero-order valence-electron chi connectivity index (χ0n) is 14.0. The van der Waals surface area contributed by atoms with Gasteiger partial charge in [-0.25, -0.2) is 9.78 Å². The lowest BCUT2D eigenvalue weighted by Crippen LogP contribution is -2.43. The summed E-state index contributed by atoms with van der Waals surface area (Å²) in [5, 5.41) is 12.8. The number of carbonyl (C=O) groups excluding carboxylic acids is 1. The number of carbonyl (C=O) groups is 1. The standard InChI is InChI=1S/C15H27N3O3S/c1-11(19)9-18(14(20)21-15(3,4)5)7-6-16-8-13-12(2)17-10-22-13/h10-11,16,19H,6-9H2,1-5H3. The summed E-state index contributed by atoms with van der Waals surface area (Å²) in [5.74, 6) is 0. The highest BCUT2D eigenvalue weighted by Gasteiger charge is 2.22. The topological polar surface area (TPSA) is 74.7 Å². The van der Waals surface area contributed by atoms with Crippen LogP contribution in [0.25, 0.3) is 0 Å². The fourth-order valence-corrected chi connectivity index (χ4v) is 2.56. The van der Waals surface area contributed by atoms with Gasteiger partial charge in [0, 0.05) is 31.1 Å². The van der Waals surface area contributed by atoms with Crippen molar-refractivity contribution in [3.8, 4) is 0 Å². The Hall–Kier alpha value is -1.18. The summed E-state index contributed by atoms with van der Waals surface area (Å²) in [7, 11) is 0. The van der Waals surface area contributed by atoms with E-state index in [0.717, 1.165) is 12.2 Å². The number of nitrogens with zero attached hydrogens (tertiary/aromatic N) is 2. The maximum atomic E-state index is 12.1. The number of aryl methyl sites for hydroxylation is 1. The lowest BCUT2D eigenvalue weighted by molar-refractivity contribution is 0.0164. The third kappa shape index (κ3) is 7.20. The molecule has 0 aliphatic rings. The Kier molecular flexibility index (Phi) is 7.25. The number of amides is 1. The molecular formula is C15H27N3O3S. The molecule has 0 aliphatic heterocycles. The minimum atomic E-state index is -0.587. The first-order valence-electron chi connectivity index (χ1n) is 7.44. The molecule has 0 bridgehead atoms. The molecule has 0 aliphatic carbocycles. The van der Waals surface area contributed by atoms with Gasteiger partial charge in [-0.05, 0) is 34.6 Å². The van der Waals surface area contributed by atoms with Gasteiger partial charge in [0.15, 0.2) is 0 Å². The summed E-state index contributed by atoms with van der Waals surface area (Å²) >= 11 is 1.61. The summed E-state index contributed by atoms with van der Waals surface area (Å²) in [6.45, 7) is 11.2. The van der Waals surface area contributed by atoms with E-state index in [-0.39, 0.29) is 6.54 Å². The zero-order chi connectivity index (χ0) is 16.8. The van der Waals surface area contributed by atoms with Crippen LogP contribution in [0.4, 0.5) is 4.79 Å². The molecule has 0 saturated heterocycles. The molecule has 0 spiro atoms. The number of aliphatic hydroxyl groups excluding tert-OH is 1. The molecule has 1 atom stereocenters. The largest absolute Gasteiger partial charge is 0.444 e. The highest BCUT2D eigenvalue weighted by atomic mass is 32.1. The Balaban J connectivity index is 2.44. The molecule has 0 saturated carbocycles. The van der Waals surface area contributed by atoms with E-state index in [0.29, 0.717) is 13.1 Å². The number of thiazole rings is 1. The molecule has 22 heavy (non-hydrogen) atoms. The van der Waals surface area contributed by atoms with Crippen LogP contribution in [0.3, 0.4) is 0 Å². The fraction of sp³-hybridized carbons (Fsp3) is 0.733. The van der Waals surface area contributed by atoms with Gasteiger partial charge in [-0.2, -0.15) is 0 Å². The van der Waals surface area contributed by atoms with Crippen LogP contribution in [0.1, 0.15) is 38.3 Å². The first-order chi connectivity index (χ1) is 10.2. The molecule has 0 aromatic carbocycles. The molecular weight excluding hydrogens is 302 g/mol. The molecule has 1 aromatic heterocycles. The highest BCUT2D eigenvalue weighted by molar-refractivity contribution is 7.09. The molecule has 7 heteroatoms. The summed E-state index contributed by atoms with van der Waals surface area (Å²) in [5.41, 5.74) is 2.32. The second-order valence-electron chi connectivity index (χ2n) is 6.31. The van der Waals surface area contributed by atoms with Crippen LogP contribution in [-0.2, 0) is 11.3 Å². The number of nitrogens with one attached hydrogen (secondary N) is 1. The number of aromatic nitrogens is 1. The van der Waals surface area contributed by atoms with Gasteiger partial charge in [0.25, 0.3) is 0 Å². The van der Waals surface area contributed by atoms with E-state index in [1.54, 1.807) is 18.3 Å². The van der Waals surface area contributed by atoms with Crippen molar-refractivity contribution in [2.75, 3.05) is 19.6 Å². The van der Waals surface area contributed by atoms with Crippen LogP contribution in [-0.4, -0.2) is 52.4 Å². The third-order valence-electron chi connectivity index (χ3n) is 2.83. The van der Waals surface area contributed by atoms with Crippen molar-refractivity contribution < 1.29 is 14.6 Å². The Bertz CT molecular complexity index is 469. The van der Waals surface area contributed by atoms with Crippen LogP contribution in [0.15, 0.2) is 5.51 Å². The van der Waals surface area contributed by atoms with E-state index in [4.69, 9.17) is 4.74 Å². The second kappa shape index (κ2) is 8.45. The van der Waals surface area contributed by atoms with Gasteiger partial charge in [0.05, 0.1) is 17.3 Å². The van der Waals surface area contributed by atoms with E-state index in [1.165, 1.54) is 9.78 Å². The van der Waals surface area contributed by atoms with Crippen LogP contribution < -0.4 is 5.32 Å². The van der Waals surface area contributed by atoms with Gasteiger partial charge in [0.1, 0.15) is 5.60 Å². The number of hydrogen-bond donors (Lipinski definition) is 2. The average molecular weight is 329 g/mol. The Morgan fingerprint density at radius 2 is 2.23 bits per heavy atom. The summed E-state index contributed by atoms with van der Waals surface area (Å²) in [4.78, 5) is 19.1. The van der Waals surface area contributed by atoms with E-state index >= 15 is 0 Å². The van der Waals surface area contributed by atoms with Gasteiger partial charge in [-0.3, -0.25) is 0 Å². The van der Waals surface area contributed by atoms with Gasteiger partial charge < -0.3 is 20.1 Å².